The molecular weight excluding hydrogens is 366 g/mol. The molecule has 140 valence electrons. The molecule has 10 heteroatoms. The maximum absolute atomic E-state index is 13.2. The number of ether oxygens (including phenoxy) is 1. The number of nitriles is 1. The average molecular weight is 378 g/mol. The van der Waals surface area contributed by atoms with Crippen LogP contribution in [0.5, 0.6) is 5.75 Å². The number of alkyl halides is 6. The lowest BCUT2D eigenvalue weighted by molar-refractivity contribution is -0.304. The molecule has 0 radical (unpaired) electrons. The average Bonchev–Trinajstić information content (AvgIpc) is 3.36. The quantitative estimate of drug-likeness (QED) is 0.466. The van der Waals surface area contributed by atoms with E-state index in [0.717, 1.165) is 37.1 Å². The summed E-state index contributed by atoms with van der Waals surface area (Å²) in [5, 5.41) is 11.6. The van der Waals surface area contributed by atoms with Gasteiger partial charge in [0, 0.05) is 6.04 Å². The summed E-state index contributed by atoms with van der Waals surface area (Å²) in [6.45, 7) is 0. The number of rotatable bonds is 6. The van der Waals surface area contributed by atoms with Gasteiger partial charge in [0.1, 0.15) is 17.4 Å². The van der Waals surface area contributed by atoms with E-state index in [2.05, 4.69) is 10.1 Å². The second kappa shape index (κ2) is 7.27. The van der Waals surface area contributed by atoms with Crippen LogP contribution in [0, 0.1) is 11.3 Å². The molecule has 4 nitrogen and oxygen atoms in total. The number of amides is 1. The van der Waals surface area contributed by atoms with E-state index in [1.807, 2.05) is 0 Å². The monoisotopic (exact) mass is 378 g/mol. The molecule has 1 N–H and O–H groups in total. The number of nitrogens with one attached hydrogen (secondary N) is 1. The fourth-order valence-corrected chi connectivity index (χ4v) is 1.84. The van der Waals surface area contributed by atoms with Crippen molar-refractivity contribution in [2.24, 2.45) is 0 Å². The number of carbonyl (C=O) groups is 1. The summed E-state index contributed by atoms with van der Waals surface area (Å²) in [4.78, 5) is 11.8. The van der Waals surface area contributed by atoms with Gasteiger partial charge in [-0.05, 0) is 36.6 Å². The Balaban J connectivity index is 2.08. The second-order valence-electron chi connectivity index (χ2n) is 5.55. The maximum Gasteiger partial charge on any atom is 0.439 e. The zero-order valence-corrected chi connectivity index (χ0v) is 13.0. The first-order valence-corrected chi connectivity index (χ1v) is 7.33. The Kier molecular flexibility index (Phi) is 5.49. The van der Waals surface area contributed by atoms with Crippen molar-refractivity contribution in [2.45, 2.75) is 37.3 Å². The highest BCUT2D eigenvalue weighted by Crippen LogP contribution is 2.36. The van der Waals surface area contributed by atoms with Crippen molar-refractivity contribution in [1.29, 1.82) is 5.26 Å². The molecule has 1 fully saturated rings. The van der Waals surface area contributed by atoms with Gasteiger partial charge in [0.2, 0.25) is 0 Å². The molecule has 0 spiro atoms. The molecule has 0 saturated heterocycles. The normalized spacial score (nSPS) is 16.6. The molecule has 1 atom stereocenters. The highest BCUT2D eigenvalue weighted by molar-refractivity contribution is 6.01. The Morgan fingerprint density at radius 2 is 1.81 bits per heavy atom. The molecule has 2 rings (SSSR count). The Bertz CT molecular complexity index is 733. The molecular formula is C16H12F6N2O2. The van der Waals surface area contributed by atoms with Crippen molar-refractivity contribution in [3.8, 4) is 11.8 Å². The molecule has 1 saturated carbocycles. The van der Waals surface area contributed by atoms with Gasteiger partial charge in [-0.3, -0.25) is 4.79 Å². The van der Waals surface area contributed by atoms with E-state index in [9.17, 15) is 31.1 Å². The number of hydrogen-bond acceptors (Lipinski definition) is 3. The Hall–Kier alpha value is -2.70. The summed E-state index contributed by atoms with van der Waals surface area (Å²) >= 11 is 0. The molecule has 1 aromatic rings. The molecule has 1 aliphatic carbocycles. The van der Waals surface area contributed by atoms with E-state index in [1.165, 1.54) is 6.08 Å². The van der Waals surface area contributed by atoms with E-state index in [4.69, 9.17) is 5.26 Å². The Morgan fingerprint density at radius 3 is 2.27 bits per heavy atom. The minimum absolute atomic E-state index is 0.0273. The number of hydrogen-bond donors (Lipinski definition) is 1. The molecule has 26 heavy (non-hydrogen) atoms. The highest BCUT2D eigenvalue weighted by atomic mass is 19.4. The molecule has 0 aromatic heterocycles. The summed E-state index contributed by atoms with van der Waals surface area (Å²) in [5.74, 6) is -1.30. The van der Waals surface area contributed by atoms with Crippen LogP contribution in [-0.4, -0.2) is 30.4 Å². The van der Waals surface area contributed by atoms with Gasteiger partial charge in [0.25, 0.3) is 12.1 Å². The summed E-state index contributed by atoms with van der Waals surface area (Å²) in [6, 6.07) is 5.73. The van der Waals surface area contributed by atoms with Gasteiger partial charge in [-0.15, -0.1) is 0 Å². The summed E-state index contributed by atoms with van der Waals surface area (Å²) < 4.78 is 79.1. The number of halogens is 6. The van der Waals surface area contributed by atoms with Crippen LogP contribution in [0.3, 0.4) is 0 Å². The van der Waals surface area contributed by atoms with Crippen LogP contribution in [0.4, 0.5) is 26.3 Å². The summed E-state index contributed by atoms with van der Waals surface area (Å²) in [7, 11) is 0. The predicted molar refractivity (Wildman–Crippen MR) is 77.7 cm³/mol. The van der Waals surface area contributed by atoms with Crippen LogP contribution in [0.15, 0.2) is 29.8 Å². The highest BCUT2D eigenvalue weighted by Gasteiger charge is 2.59. The lowest BCUT2D eigenvalue weighted by Gasteiger charge is -2.23. The van der Waals surface area contributed by atoms with Gasteiger partial charge in [-0.1, -0.05) is 12.1 Å². The molecule has 0 heterocycles. The SMILES string of the molecule is N#CC(=Cc1ccc(OC(F)(F)C(F)C(F)(F)F)cc1)C(=O)NC1CC1. The van der Waals surface area contributed by atoms with Gasteiger partial charge in [-0.2, -0.15) is 27.2 Å². The van der Waals surface area contributed by atoms with Gasteiger partial charge in [-0.25, -0.2) is 4.39 Å². The first-order valence-electron chi connectivity index (χ1n) is 7.33. The van der Waals surface area contributed by atoms with Gasteiger partial charge < -0.3 is 10.1 Å². The van der Waals surface area contributed by atoms with E-state index >= 15 is 0 Å². The van der Waals surface area contributed by atoms with E-state index in [0.29, 0.717) is 0 Å². The minimum Gasteiger partial charge on any atom is -0.430 e. The van der Waals surface area contributed by atoms with Gasteiger partial charge in [0.05, 0.1) is 0 Å². The van der Waals surface area contributed by atoms with Crippen molar-refractivity contribution in [3.05, 3.63) is 35.4 Å². The largest absolute Gasteiger partial charge is 0.439 e. The van der Waals surface area contributed by atoms with Gasteiger partial charge >= 0.3 is 12.3 Å². The summed E-state index contributed by atoms with van der Waals surface area (Å²) in [5.41, 5.74) is 0.0209. The van der Waals surface area contributed by atoms with Crippen molar-refractivity contribution in [1.82, 2.24) is 5.32 Å². The standard InChI is InChI=1S/C16H12F6N2O2/c17-14(15(18,19)20)16(21,22)26-12-5-1-9(2-6-12)7-10(8-23)13(25)24-11-3-4-11/h1-2,5-7,11,14H,3-4H2,(H,24,25). The van der Waals surface area contributed by atoms with E-state index in [-0.39, 0.29) is 17.2 Å². The van der Waals surface area contributed by atoms with Crippen LogP contribution in [0.1, 0.15) is 18.4 Å². The molecule has 1 unspecified atom stereocenters. The predicted octanol–water partition coefficient (Wildman–Crippen LogP) is 3.74. The van der Waals surface area contributed by atoms with Crippen LogP contribution >= 0.6 is 0 Å². The molecule has 0 bridgehead atoms. The van der Waals surface area contributed by atoms with Crippen molar-refractivity contribution in [3.63, 3.8) is 0 Å². The first kappa shape index (κ1) is 19.6. The number of carbonyl (C=O) groups excluding carboxylic acids is 1. The zero-order chi connectivity index (χ0) is 19.5. The fraction of sp³-hybridized carbons (Fsp3) is 0.375. The maximum atomic E-state index is 13.2. The third-order valence-corrected chi connectivity index (χ3v) is 3.31. The molecule has 1 aliphatic rings. The zero-order valence-electron chi connectivity index (χ0n) is 13.0. The second-order valence-corrected chi connectivity index (χ2v) is 5.55. The van der Waals surface area contributed by atoms with Crippen LogP contribution in [0.25, 0.3) is 6.08 Å². The molecule has 1 aromatic carbocycles. The van der Waals surface area contributed by atoms with Crippen molar-refractivity contribution >= 4 is 12.0 Å². The van der Waals surface area contributed by atoms with E-state index < -0.39 is 30.1 Å². The lowest BCUT2D eigenvalue weighted by Crippen LogP contribution is -2.45. The third kappa shape index (κ3) is 5.15. The fourth-order valence-electron chi connectivity index (χ4n) is 1.84. The van der Waals surface area contributed by atoms with Gasteiger partial charge in [0.15, 0.2) is 0 Å². The topological polar surface area (TPSA) is 62.1 Å². The Morgan fingerprint density at radius 1 is 1.23 bits per heavy atom. The van der Waals surface area contributed by atoms with Crippen molar-refractivity contribution < 1.29 is 35.9 Å². The lowest BCUT2D eigenvalue weighted by atomic mass is 10.1. The third-order valence-electron chi connectivity index (χ3n) is 3.31. The number of benzene rings is 1. The van der Waals surface area contributed by atoms with Crippen LogP contribution < -0.4 is 10.1 Å². The summed E-state index contributed by atoms with van der Waals surface area (Å²) in [6.07, 6.45) is -12.5. The molecule has 0 aliphatic heterocycles. The van der Waals surface area contributed by atoms with Crippen LogP contribution in [0.2, 0.25) is 0 Å². The first-order chi connectivity index (χ1) is 12.0. The van der Waals surface area contributed by atoms with Crippen molar-refractivity contribution in [2.75, 3.05) is 0 Å². The minimum atomic E-state index is -5.78. The number of nitrogens with zero attached hydrogens (tertiary/aromatic N) is 1. The van der Waals surface area contributed by atoms with Crippen LogP contribution in [-0.2, 0) is 4.79 Å². The van der Waals surface area contributed by atoms with E-state index in [1.54, 1.807) is 6.07 Å². The molecule has 1 amide bonds. The Labute approximate surface area is 144 Å². The smallest absolute Gasteiger partial charge is 0.430 e.